The topological polar surface area (TPSA) is 67.1 Å². The number of nitrogens with two attached hydrogens (primary N) is 1. The van der Waals surface area contributed by atoms with Gasteiger partial charge in [-0.25, -0.2) is 15.8 Å². The van der Waals surface area contributed by atoms with E-state index in [1.54, 1.807) is 0 Å². The van der Waals surface area contributed by atoms with Gasteiger partial charge in [0, 0.05) is 18.3 Å². The van der Waals surface area contributed by atoms with E-state index in [4.69, 9.17) is 5.84 Å². The van der Waals surface area contributed by atoms with Gasteiger partial charge in [-0.3, -0.25) is 4.90 Å². The van der Waals surface area contributed by atoms with Crippen LogP contribution in [0.4, 0.5) is 5.82 Å². The second-order valence-corrected chi connectivity index (χ2v) is 5.66. The molecule has 1 aliphatic carbocycles. The van der Waals surface area contributed by atoms with Crippen LogP contribution in [0.3, 0.4) is 0 Å². The molecule has 106 valence electrons. The van der Waals surface area contributed by atoms with Crippen LogP contribution in [0, 0.1) is 12.8 Å². The maximum absolute atomic E-state index is 5.41. The minimum atomic E-state index is 0.688. The van der Waals surface area contributed by atoms with E-state index < -0.39 is 0 Å². The van der Waals surface area contributed by atoms with Crippen LogP contribution in [-0.4, -0.2) is 28.5 Å². The largest absolute Gasteiger partial charge is 0.308 e. The third-order valence-electron chi connectivity index (χ3n) is 3.75. The highest BCUT2D eigenvalue weighted by Gasteiger charge is 2.16. The molecule has 0 radical (unpaired) electrons. The molecule has 1 aliphatic rings. The normalized spacial score (nSPS) is 16.8. The van der Waals surface area contributed by atoms with Crippen molar-refractivity contribution in [1.82, 2.24) is 14.9 Å². The smallest absolute Gasteiger partial charge is 0.144 e. The first-order valence-electron chi connectivity index (χ1n) is 7.17. The highest BCUT2D eigenvalue weighted by atomic mass is 15.3. The third-order valence-corrected chi connectivity index (χ3v) is 3.75. The van der Waals surface area contributed by atoms with Gasteiger partial charge in [0.25, 0.3) is 0 Å². The zero-order valence-corrected chi connectivity index (χ0v) is 12.0. The lowest BCUT2D eigenvalue weighted by atomic mass is 9.89. The summed E-state index contributed by atoms with van der Waals surface area (Å²) in [4.78, 5) is 11.2. The minimum absolute atomic E-state index is 0.688. The van der Waals surface area contributed by atoms with Gasteiger partial charge in [-0.05, 0) is 32.7 Å². The van der Waals surface area contributed by atoms with Crippen molar-refractivity contribution in [3.63, 3.8) is 0 Å². The molecule has 0 aromatic carbocycles. The van der Waals surface area contributed by atoms with E-state index >= 15 is 0 Å². The number of aromatic nitrogens is 2. The molecular formula is C14H25N5. The van der Waals surface area contributed by atoms with Crippen molar-refractivity contribution in [2.75, 3.05) is 19.0 Å². The molecule has 1 aromatic heterocycles. The fourth-order valence-electron chi connectivity index (χ4n) is 2.89. The van der Waals surface area contributed by atoms with Crippen molar-refractivity contribution in [2.45, 2.75) is 45.6 Å². The van der Waals surface area contributed by atoms with Gasteiger partial charge >= 0.3 is 0 Å². The zero-order valence-electron chi connectivity index (χ0n) is 12.0. The maximum Gasteiger partial charge on any atom is 0.144 e. The summed E-state index contributed by atoms with van der Waals surface area (Å²) >= 11 is 0. The summed E-state index contributed by atoms with van der Waals surface area (Å²) in [6.45, 7) is 3.89. The summed E-state index contributed by atoms with van der Waals surface area (Å²) in [6.07, 6.45) is 6.93. The molecule has 2 rings (SSSR count). The van der Waals surface area contributed by atoms with Crippen LogP contribution < -0.4 is 11.3 Å². The summed E-state index contributed by atoms with van der Waals surface area (Å²) in [7, 11) is 2.15. The summed E-state index contributed by atoms with van der Waals surface area (Å²) in [5.74, 6) is 7.78. The van der Waals surface area contributed by atoms with E-state index in [0.29, 0.717) is 5.82 Å². The summed E-state index contributed by atoms with van der Waals surface area (Å²) in [5, 5.41) is 0. The molecule has 3 N–H and O–H groups in total. The summed E-state index contributed by atoms with van der Waals surface area (Å²) in [6, 6.07) is 1.85. The number of nitrogen functional groups attached to an aromatic ring is 1. The Morgan fingerprint density at radius 2 is 2.05 bits per heavy atom. The standard InChI is InChI=1S/C14H25N5/c1-11-8-13(18-15)17-14(16-11)10-19(2)9-12-6-4-3-5-7-12/h8,12H,3-7,9-10,15H2,1-2H3,(H,16,17,18). The minimum Gasteiger partial charge on any atom is -0.308 e. The maximum atomic E-state index is 5.41. The van der Waals surface area contributed by atoms with Gasteiger partial charge in [-0.1, -0.05) is 19.3 Å². The average molecular weight is 263 g/mol. The Morgan fingerprint density at radius 1 is 1.32 bits per heavy atom. The van der Waals surface area contributed by atoms with Gasteiger partial charge in [0.05, 0.1) is 6.54 Å². The molecule has 0 amide bonds. The molecule has 5 nitrogen and oxygen atoms in total. The number of hydrogen-bond donors (Lipinski definition) is 2. The zero-order chi connectivity index (χ0) is 13.7. The van der Waals surface area contributed by atoms with Gasteiger partial charge in [-0.15, -0.1) is 0 Å². The molecule has 1 fully saturated rings. The number of hydrogen-bond acceptors (Lipinski definition) is 5. The van der Waals surface area contributed by atoms with Gasteiger partial charge < -0.3 is 5.43 Å². The van der Waals surface area contributed by atoms with Crippen LogP contribution in [0.15, 0.2) is 6.07 Å². The number of hydrazine groups is 1. The molecule has 0 aliphatic heterocycles. The number of anilines is 1. The van der Waals surface area contributed by atoms with Crippen LogP contribution in [-0.2, 0) is 6.54 Å². The van der Waals surface area contributed by atoms with Crippen molar-refractivity contribution in [1.29, 1.82) is 0 Å². The van der Waals surface area contributed by atoms with Crippen LogP contribution in [0.25, 0.3) is 0 Å². The molecule has 0 atom stereocenters. The molecule has 1 heterocycles. The Morgan fingerprint density at radius 3 is 2.74 bits per heavy atom. The van der Waals surface area contributed by atoms with Crippen molar-refractivity contribution >= 4 is 5.82 Å². The molecular weight excluding hydrogens is 238 g/mol. The monoisotopic (exact) mass is 263 g/mol. The quantitative estimate of drug-likeness (QED) is 0.629. The van der Waals surface area contributed by atoms with Crippen molar-refractivity contribution in [3.05, 3.63) is 17.6 Å². The summed E-state index contributed by atoms with van der Waals surface area (Å²) < 4.78 is 0. The van der Waals surface area contributed by atoms with E-state index in [1.165, 1.54) is 32.1 Å². The lowest BCUT2D eigenvalue weighted by Gasteiger charge is -2.26. The van der Waals surface area contributed by atoms with Gasteiger partial charge in [-0.2, -0.15) is 0 Å². The van der Waals surface area contributed by atoms with Crippen molar-refractivity contribution in [2.24, 2.45) is 11.8 Å². The molecule has 19 heavy (non-hydrogen) atoms. The van der Waals surface area contributed by atoms with Gasteiger partial charge in [0.15, 0.2) is 0 Å². The highest BCUT2D eigenvalue weighted by molar-refractivity contribution is 5.33. The summed E-state index contributed by atoms with van der Waals surface area (Å²) in [5.41, 5.74) is 3.54. The molecule has 1 aromatic rings. The van der Waals surface area contributed by atoms with Crippen LogP contribution in [0.5, 0.6) is 0 Å². The van der Waals surface area contributed by atoms with E-state index in [1.807, 2.05) is 13.0 Å². The second-order valence-electron chi connectivity index (χ2n) is 5.66. The average Bonchev–Trinajstić information content (AvgIpc) is 2.38. The Labute approximate surface area is 115 Å². The predicted octanol–water partition coefficient (Wildman–Crippen LogP) is 2.08. The Balaban J connectivity index is 1.90. The highest BCUT2D eigenvalue weighted by Crippen LogP contribution is 2.24. The molecule has 0 saturated heterocycles. The van der Waals surface area contributed by atoms with Gasteiger partial charge in [0.1, 0.15) is 11.6 Å². The molecule has 0 spiro atoms. The first-order valence-corrected chi connectivity index (χ1v) is 7.17. The lowest BCUT2D eigenvalue weighted by Crippen LogP contribution is -2.27. The third kappa shape index (κ3) is 4.44. The van der Waals surface area contributed by atoms with E-state index in [-0.39, 0.29) is 0 Å². The first kappa shape index (κ1) is 14.2. The molecule has 0 unspecified atom stereocenters. The second kappa shape index (κ2) is 6.82. The Hall–Kier alpha value is -1.20. The van der Waals surface area contributed by atoms with Gasteiger partial charge in [0.2, 0.25) is 0 Å². The first-order chi connectivity index (χ1) is 9.17. The van der Waals surface area contributed by atoms with Crippen LogP contribution in [0.1, 0.15) is 43.6 Å². The SMILES string of the molecule is Cc1cc(NN)nc(CN(C)CC2CCCCC2)n1. The Bertz CT molecular complexity index is 401. The van der Waals surface area contributed by atoms with Crippen LogP contribution in [0.2, 0.25) is 0 Å². The fourth-order valence-corrected chi connectivity index (χ4v) is 2.89. The fraction of sp³-hybridized carbons (Fsp3) is 0.714. The van der Waals surface area contributed by atoms with E-state index in [9.17, 15) is 0 Å². The Kier molecular flexibility index (Phi) is 5.10. The molecule has 5 heteroatoms. The number of nitrogens with one attached hydrogen (secondary N) is 1. The number of nitrogens with zero attached hydrogens (tertiary/aromatic N) is 3. The predicted molar refractivity (Wildman–Crippen MR) is 77.5 cm³/mol. The number of rotatable bonds is 5. The van der Waals surface area contributed by atoms with E-state index in [0.717, 1.165) is 30.5 Å². The number of aryl methyl sites for hydroxylation is 1. The molecule has 0 bridgehead atoms. The van der Waals surface area contributed by atoms with Crippen molar-refractivity contribution < 1.29 is 0 Å². The molecule has 1 saturated carbocycles. The van der Waals surface area contributed by atoms with E-state index in [2.05, 4.69) is 27.3 Å². The van der Waals surface area contributed by atoms with Crippen molar-refractivity contribution in [3.8, 4) is 0 Å². The lowest BCUT2D eigenvalue weighted by molar-refractivity contribution is 0.224. The van der Waals surface area contributed by atoms with Crippen LogP contribution >= 0.6 is 0 Å².